The molecule has 0 unspecified atom stereocenters. The van der Waals surface area contributed by atoms with Crippen molar-refractivity contribution in [3.8, 4) is 0 Å². The average Bonchev–Trinajstić information content (AvgIpc) is 2.43. The van der Waals surface area contributed by atoms with Crippen molar-refractivity contribution in [1.82, 2.24) is 5.32 Å². The minimum absolute atomic E-state index is 0.0218. The molecule has 2 aromatic carbocycles. The van der Waals surface area contributed by atoms with Gasteiger partial charge in [0.1, 0.15) is 0 Å². The summed E-state index contributed by atoms with van der Waals surface area (Å²) in [5, 5.41) is 5.99. The number of nitrogens with one attached hydrogen (secondary N) is 2. The van der Waals surface area contributed by atoms with E-state index in [0.717, 1.165) is 15.7 Å². The average molecular weight is 333 g/mol. The zero-order valence-corrected chi connectivity index (χ0v) is 12.9. The van der Waals surface area contributed by atoms with Gasteiger partial charge in [0.15, 0.2) is 0 Å². The lowest BCUT2D eigenvalue weighted by atomic mass is 10.1. The normalized spacial score (nSPS) is 10.1. The first-order chi connectivity index (χ1) is 9.63. The number of benzene rings is 2. The Labute approximate surface area is 127 Å². The highest BCUT2D eigenvalue weighted by molar-refractivity contribution is 9.10. The van der Waals surface area contributed by atoms with E-state index in [2.05, 4.69) is 32.6 Å². The summed E-state index contributed by atoms with van der Waals surface area (Å²) in [4.78, 5) is 11.8. The first kappa shape index (κ1) is 14.6. The van der Waals surface area contributed by atoms with Gasteiger partial charge in [-0.25, -0.2) is 0 Å². The van der Waals surface area contributed by atoms with Crippen molar-refractivity contribution in [2.45, 2.75) is 13.5 Å². The second-order valence-electron chi connectivity index (χ2n) is 4.63. The van der Waals surface area contributed by atoms with Gasteiger partial charge in [-0.15, -0.1) is 0 Å². The fraction of sp³-hybridized carbons (Fsp3) is 0.188. The number of hydrogen-bond donors (Lipinski definition) is 2. The molecule has 104 valence electrons. The molecule has 0 saturated carbocycles. The third-order valence-electron chi connectivity index (χ3n) is 2.85. The molecule has 1 amide bonds. The molecule has 0 atom stereocenters. The van der Waals surface area contributed by atoms with Crippen LogP contribution < -0.4 is 10.6 Å². The largest absolute Gasteiger partial charge is 0.376 e. The lowest BCUT2D eigenvalue weighted by Crippen LogP contribution is -2.29. The monoisotopic (exact) mass is 332 g/mol. The van der Waals surface area contributed by atoms with E-state index in [-0.39, 0.29) is 12.5 Å². The second-order valence-corrected chi connectivity index (χ2v) is 5.55. The van der Waals surface area contributed by atoms with E-state index in [1.807, 2.05) is 49.4 Å². The van der Waals surface area contributed by atoms with E-state index in [1.165, 1.54) is 5.56 Å². The number of rotatable bonds is 5. The molecule has 0 aliphatic rings. The number of anilines is 1. The molecule has 2 rings (SSSR count). The Morgan fingerprint density at radius 2 is 1.95 bits per heavy atom. The van der Waals surface area contributed by atoms with Gasteiger partial charge in [-0.1, -0.05) is 51.8 Å². The van der Waals surface area contributed by atoms with Gasteiger partial charge in [-0.2, -0.15) is 0 Å². The molecule has 0 heterocycles. The number of amides is 1. The highest BCUT2D eigenvalue weighted by atomic mass is 79.9. The van der Waals surface area contributed by atoms with E-state index in [1.54, 1.807) is 0 Å². The number of halogens is 1. The van der Waals surface area contributed by atoms with E-state index in [0.29, 0.717) is 6.54 Å². The van der Waals surface area contributed by atoms with Gasteiger partial charge < -0.3 is 10.6 Å². The predicted molar refractivity (Wildman–Crippen MR) is 85.7 cm³/mol. The minimum Gasteiger partial charge on any atom is -0.376 e. The molecule has 2 N–H and O–H groups in total. The summed E-state index contributed by atoms with van der Waals surface area (Å²) in [5.41, 5.74) is 3.23. The van der Waals surface area contributed by atoms with Crippen molar-refractivity contribution in [3.63, 3.8) is 0 Å². The summed E-state index contributed by atoms with van der Waals surface area (Å²) in [5.74, 6) is -0.0218. The van der Waals surface area contributed by atoms with Crippen LogP contribution in [0.5, 0.6) is 0 Å². The topological polar surface area (TPSA) is 41.1 Å². The third kappa shape index (κ3) is 4.70. The summed E-state index contributed by atoms with van der Waals surface area (Å²) < 4.78 is 0.989. The molecule has 0 bridgehead atoms. The van der Waals surface area contributed by atoms with Crippen LogP contribution in [0.1, 0.15) is 11.1 Å². The van der Waals surface area contributed by atoms with Crippen molar-refractivity contribution in [1.29, 1.82) is 0 Å². The van der Waals surface area contributed by atoms with Crippen LogP contribution >= 0.6 is 15.9 Å². The third-order valence-corrected chi connectivity index (χ3v) is 3.34. The Kier molecular flexibility index (Phi) is 5.18. The van der Waals surface area contributed by atoms with Gasteiger partial charge in [0, 0.05) is 16.7 Å². The van der Waals surface area contributed by atoms with E-state index in [4.69, 9.17) is 0 Å². The van der Waals surface area contributed by atoms with Crippen LogP contribution in [0.25, 0.3) is 0 Å². The number of hydrogen-bond acceptors (Lipinski definition) is 2. The zero-order chi connectivity index (χ0) is 14.4. The van der Waals surface area contributed by atoms with Crippen LogP contribution in [0.2, 0.25) is 0 Å². The van der Waals surface area contributed by atoms with E-state index in [9.17, 15) is 4.79 Å². The number of carbonyl (C=O) groups is 1. The lowest BCUT2D eigenvalue weighted by molar-refractivity contribution is -0.119. The van der Waals surface area contributed by atoms with Gasteiger partial charge in [0.2, 0.25) is 5.91 Å². The first-order valence-electron chi connectivity index (χ1n) is 6.45. The minimum atomic E-state index is -0.0218. The Morgan fingerprint density at radius 1 is 1.15 bits per heavy atom. The van der Waals surface area contributed by atoms with Crippen molar-refractivity contribution in [3.05, 3.63) is 64.1 Å². The summed E-state index contributed by atoms with van der Waals surface area (Å²) in [6, 6.07) is 15.9. The number of aryl methyl sites for hydroxylation is 1. The Hall–Kier alpha value is -1.81. The molecule has 0 spiro atoms. The maximum atomic E-state index is 11.8. The SMILES string of the molecule is Cc1cccc(CNC(=O)CNc2cccc(Br)c2)c1. The molecule has 0 aromatic heterocycles. The maximum Gasteiger partial charge on any atom is 0.239 e. The number of carbonyl (C=O) groups excluding carboxylic acids is 1. The van der Waals surface area contributed by atoms with Gasteiger partial charge in [0.25, 0.3) is 0 Å². The predicted octanol–water partition coefficient (Wildman–Crippen LogP) is 3.49. The van der Waals surface area contributed by atoms with Crippen LogP contribution in [0.3, 0.4) is 0 Å². The first-order valence-corrected chi connectivity index (χ1v) is 7.24. The Balaban J connectivity index is 1.78. The standard InChI is InChI=1S/C16H17BrN2O/c1-12-4-2-5-13(8-12)10-19-16(20)11-18-15-7-3-6-14(17)9-15/h2-9,18H,10-11H2,1H3,(H,19,20). The molecule has 2 aromatic rings. The van der Waals surface area contributed by atoms with Crippen molar-refractivity contribution in [2.24, 2.45) is 0 Å². The van der Waals surface area contributed by atoms with Crippen LogP contribution in [-0.4, -0.2) is 12.5 Å². The molecule has 0 aliphatic heterocycles. The summed E-state index contributed by atoms with van der Waals surface area (Å²) in [6.45, 7) is 2.86. The molecule has 0 saturated heterocycles. The summed E-state index contributed by atoms with van der Waals surface area (Å²) in [7, 11) is 0. The molecule has 4 heteroatoms. The Bertz CT molecular complexity index is 547. The molecule has 0 radical (unpaired) electrons. The van der Waals surface area contributed by atoms with E-state index < -0.39 is 0 Å². The van der Waals surface area contributed by atoms with Crippen LogP contribution in [0.4, 0.5) is 5.69 Å². The van der Waals surface area contributed by atoms with Gasteiger partial charge in [0.05, 0.1) is 6.54 Å². The fourth-order valence-corrected chi connectivity index (χ4v) is 2.27. The van der Waals surface area contributed by atoms with Crippen molar-refractivity contribution < 1.29 is 4.79 Å². The summed E-state index contributed by atoms with van der Waals surface area (Å²) in [6.07, 6.45) is 0. The Morgan fingerprint density at radius 3 is 2.70 bits per heavy atom. The van der Waals surface area contributed by atoms with Crippen LogP contribution in [-0.2, 0) is 11.3 Å². The molecular formula is C16H17BrN2O. The van der Waals surface area contributed by atoms with Crippen LogP contribution in [0.15, 0.2) is 53.0 Å². The van der Waals surface area contributed by atoms with Crippen molar-refractivity contribution >= 4 is 27.5 Å². The summed E-state index contributed by atoms with van der Waals surface area (Å²) >= 11 is 3.40. The van der Waals surface area contributed by atoms with Crippen molar-refractivity contribution in [2.75, 3.05) is 11.9 Å². The van der Waals surface area contributed by atoms with Gasteiger partial charge in [-0.05, 0) is 30.7 Å². The zero-order valence-electron chi connectivity index (χ0n) is 11.3. The molecule has 20 heavy (non-hydrogen) atoms. The molecule has 0 fully saturated rings. The highest BCUT2D eigenvalue weighted by Gasteiger charge is 2.01. The van der Waals surface area contributed by atoms with Gasteiger partial charge >= 0.3 is 0 Å². The fourth-order valence-electron chi connectivity index (χ4n) is 1.87. The smallest absolute Gasteiger partial charge is 0.239 e. The molecular weight excluding hydrogens is 316 g/mol. The maximum absolute atomic E-state index is 11.8. The van der Waals surface area contributed by atoms with Gasteiger partial charge in [-0.3, -0.25) is 4.79 Å². The highest BCUT2D eigenvalue weighted by Crippen LogP contribution is 2.15. The lowest BCUT2D eigenvalue weighted by Gasteiger charge is -2.08. The van der Waals surface area contributed by atoms with Crippen LogP contribution in [0, 0.1) is 6.92 Å². The van der Waals surface area contributed by atoms with E-state index >= 15 is 0 Å². The molecule has 0 aliphatic carbocycles. The quantitative estimate of drug-likeness (QED) is 0.879. The second kappa shape index (κ2) is 7.10. The molecule has 3 nitrogen and oxygen atoms in total.